The number of thioether (sulfide) groups is 1. The highest BCUT2D eigenvalue weighted by molar-refractivity contribution is 7.98. The van der Waals surface area contributed by atoms with Crippen molar-refractivity contribution < 1.29 is 4.74 Å². The molecule has 2 nitrogen and oxygen atoms in total. The summed E-state index contributed by atoms with van der Waals surface area (Å²) in [7, 11) is 0. The van der Waals surface area contributed by atoms with Crippen molar-refractivity contribution in [2.75, 3.05) is 25.2 Å². The maximum atomic E-state index is 5.63. The highest BCUT2D eigenvalue weighted by atomic mass is 32.2. The molecule has 1 aromatic rings. The lowest BCUT2D eigenvalue weighted by molar-refractivity contribution is 0.317. The van der Waals surface area contributed by atoms with E-state index in [0.29, 0.717) is 0 Å². The van der Waals surface area contributed by atoms with Crippen LogP contribution in [0.15, 0.2) is 24.3 Å². The lowest BCUT2D eigenvalue weighted by Gasteiger charge is -2.12. The molecule has 18 heavy (non-hydrogen) atoms. The van der Waals surface area contributed by atoms with Crippen LogP contribution in [0.5, 0.6) is 5.75 Å². The Labute approximate surface area is 116 Å². The van der Waals surface area contributed by atoms with E-state index in [1.165, 1.54) is 11.3 Å². The first-order valence-electron chi connectivity index (χ1n) is 6.67. The number of hydrogen-bond acceptors (Lipinski definition) is 3. The van der Waals surface area contributed by atoms with Gasteiger partial charge in [0.25, 0.3) is 0 Å². The summed E-state index contributed by atoms with van der Waals surface area (Å²) in [6.45, 7) is 7.19. The van der Waals surface area contributed by atoms with Crippen molar-refractivity contribution in [1.29, 1.82) is 0 Å². The van der Waals surface area contributed by atoms with E-state index in [0.717, 1.165) is 37.8 Å². The molecule has 1 rings (SSSR count). The highest BCUT2D eigenvalue weighted by Crippen LogP contribution is 2.13. The van der Waals surface area contributed by atoms with E-state index in [9.17, 15) is 0 Å². The zero-order valence-corrected chi connectivity index (χ0v) is 12.6. The fourth-order valence-electron chi connectivity index (χ4n) is 1.77. The zero-order valence-electron chi connectivity index (χ0n) is 11.7. The minimum Gasteiger partial charge on any atom is -0.494 e. The number of ether oxygens (including phenoxy) is 1. The van der Waals surface area contributed by atoms with E-state index in [4.69, 9.17) is 4.74 Å². The summed E-state index contributed by atoms with van der Waals surface area (Å²) in [5.41, 5.74) is 1.29. The van der Waals surface area contributed by atoms with E-state index < -0.39 is 0 Å². The van der Waals surface area contributed by atoms with Crippen LogP contribution < -0.4 is 10.1 Å². The van der Waals surface area contributed by atoms with Crippen LogP contribution in [0, 0.1) is 5.92 Å². The summed E-state index contributed by atoms with van der Waals surface area (Å²) in [5.74, 6) is 2.92. The smallest absolute Gasteiger partial charge is 0.119 e. The number of benzene rings is 1. The van der Waals surface area contributed by atoms with E-state index in [-0.39, 0.29) is 0 Å². The third kappa shape index (κ3) is 6.31. The molecule has 3 heteroatoms. The van der Waals surface area contributed by atoms with Gasteiger partial charge in [-0.05, 0) is 48.6 Å². The van der Waals surface area contributed by atoms with Gasteiger partial charge in [0.1, 0.15) is 5.75 Å². The highest BCUT2D eigenvalue weighted by Gasteiger charge is 2.01. The van der Waals surface area contributed by atoms with Gasteiger partial charge in [-0.15, -0.1) is 0 Å². The second kappa shape index (κ2) is 9.29. The topological polar surface area (TPSA) is 21.3 Å². The molecule has 0 bridgehead atoms. The molecule has 0 aliphatic carbocycles. The largest absolute Gasteiger partial charge is 0.494 e. The molecule has 0 amide bonds. The van der Waals surface area contributed by atoms with Gasteiger partial charge in [0.05, 0.1) is 6.61 Å². The summed E-state index contributed by atoms with van der Waals surface area (Å²) in [6, 6.07) is 8.36. The fraction of sp³-hybridized carbons (Fsp3) is 0.600. The maximum Gasteiger partial charge on any atom is 0.119 e. The molecule has 0 fully saturated rings. The summed E-state index contributed by atoms with van der Waals surface area (Å²) in [4.78, 5) is 0. The predicted molar refractivity (Wildman–Crippen MR) is 81.5 cm³/mol. The van der Waals surface area contributed by atoms with Crippen molar-refractivity contribution in [3.8, 4) is 5.75 Å². The molecule has 1 N–H and O–H groups in total. The Morgan fingerprint density at radius 3 is 2.94 bits per heavy atom. The van der Waals surface area contributed by atoms with Gasteiger partial charge in [0.15, 0.2) is 0 Å². The standard InChI is InChI=1S/C15H25NOS/c1-4-8-17-15-7-5-6-14(9-15)11-16-10-13(2)12-18-3/h5-7,9,13,16H,4,8,10-12H2,1-3H3. The van der Waals surface area contributed by atoms with Gasteiger partial charge in [-0.25, -0.2) is 0 Å². The van der Waals surface area contributed by atoms with Gasteiger partial charge in [0, 0.05) is 6.54 Å². The van der Waals surface area contributed by atoms with E-state index in [1.54, 1.807) is 0 Å². The van der Waals surface area contributed by atoms with Crippen LogP contribution in [0.2, 0.25) is 0 Å². The Balaban J connectivity index is 2.33. The second-order valence-electron chi connectivity index (χ2n) is 4.69. The summed E-state index contributed by atoms with van der Waals surface area (Å²) < 4.78 is 5.63. The molecule has 0 radical (unpaired) electrons. The van der Waals surface area contributed by atoms with Crippen molar-refractivity contribution in [2.45, 2.75) is 26.8 Å². The number of hydrogen-bond donors (Lipinski definition) is 1. The van der Waals surface area contributed by atoms with Gasteiger partial charge in [0.2, 0.25) is 0 Å². The number of nitrogens with one attached hydrogen (secondary N) is 1. The van der Waals surface area contributed by atoms with Crippen LogP contribution >= 0.6 is 11.8 Å². The predicted octanol–water partition coefficient (Wildman–Crippen LogP) is 3.56. The molecule has 0 saturated carbocycles. The Bertz CT molecular complexity index is 330. The van der Waals surface area contributed by atoms with Crippen LogP contribution in [0.1, 0.15) is 25.8 Å². The Morgan fingerprint density at radius 2 is 2.22 bits per heavy atom. The minimum atomic E-state index is 0.722. The molecule has 0 saturated heterocycles. The second-order valence-corrected chi connectivity index (χ2v) is 5.60. The normalized spacial score (nSPS) is 12.4. The molecule has 0 spiro atoms. The maximum absolute atomic E-state index is 5.63. The van der Waals surface area contributed by atoms with Crippen molar-refractivity contribution in [1.82, 2.24) is 5.32 Å². The first-order chi connectivity index (χ1) is 8.76. The molecule has 102 valence electrons. The lowest BCUT2D eigenvalue weighted by atomic mass is 10.2. The van der Waals surface area contributed by atoms with E-state index >= 15 is 0 Å². The van der Waals surface area contributed by atoms with Crippen molar-refractivity contribution in [3.05, 3.63) is 29.8 Å². The Kier molecular flexibility index (Phi) is 7.94. The quantitative estimate of drug-likeness (QED) is 0.739. The molecule has 0 aromatic heterocycles. The van der Waals surface area contributed by atoms with Crippen LogP contribution in [0.4, 0.5) is 0 Å². The number of rotatable bonds is 9. The molecule has 0 aliphatic heterocycles. The van der Waals surface area contributed by atoms with Gasteiger partial charge < -0.3 is 10.1 Å². The third-order valence-corrected chi connectivity index (χ3v) is 3.55. The van der Waals surface area contributed by atoms with Crippen LogP contribution in [-0.4, -0.2) is 25.2 Å². The van der Waals surface area contributed by atoms with Crippen LogP contribution in [-0.2, 0) is 6.54 Å². The van der Waals surface area contributed by atoms with Gasteiger partial charge in [-0.2, -0.15) is 11.8 Å². The van der Waals surface area contributed by atoms with Gasteiger partial charge >= 0.3 is 0 Å². The monoisotopic (exact) mass is 267 g/mol. The zero-order chi connectivity index (χ0) is 13.2. The lowest BCUT2D eigenvalue weighted by Crippen LogP contribution is -2.22. The minimum absolute atomic E-state index is 0.722. The first kappa shape index (κ1) is 15.4. The van der Waals surface area contributed by atoms with E-state index in [1.807, 2.05) is 17.8 Å². The average molecular weight is 267 g/mol. The molecule has 1 aromatic carbocycles. The third-order valence-electron chi connectivity index (χ3n) is 2.64. The van der Waals surface area contributed by atoms with Gasteiger partial charge in [-0.3, -0.25) is 0 Å². The summed E-state index contributed by atoms with van der Waals surface area (Å²) in [5, 5.41) is 3.50. The van der Waals surface area contributed by atoms with Gasteiger partial charge in [-0.1, -0.05) is 26.0 Å². The van der Waals surface area contributed by atoms with Crippen molar-refractivity contribution in [2.24, 2.45) is 5.92 Å². The molecular formula is C15H25NOS. The Hall–Kier alpha value is -0.670. The molecule has 0 aliphatic rings. The average Bonchev–Trinajstić information content (AvgIpc) is 2.37. The van der Waals surface area contributed by atoms with Crippen LogP contribution in [0.25, 0.3) is 0 Å². The van der Waals surface area contributed by atoms with E-state index in [2.05, 4.69) is 43.6 Å². The molecule has 0 heterocycles. The van der Waals surface area contributed by atoms with Crippen molar-refractivity contribution in [3.63, 3.8) is 0 Å². The SMILES string of the molecule is CCCOc1cccc(CNCC(C)CSC)c1. The van der Waals surface area contributed by atoms with Crippen LogP contribution in [0.3, 0.4) is 0 Å². The molecule has 1 unspecified atom stereocenters. The molecular weight excluding hydrogens is 242 g/mol. The first-order valence-corrected chi connectivity index (χ1v) is 8.07. The summed E-state index contributed by atoms with van der Waals surface area (Å²) >= 11 is 1.91. The fourth-order valence-corrected chi connectivity index (χ4v) is 2.46. The molecule has 1 atom stereocenters. The van der Waals surface area contributed by atoms with Crippen molar-refractivity contribution >= 4 is 11.8 Å². The Morgan fingerprint density at radius 1 is 1.39 bits per heavy atom. The summed E-state index contributed by atoms with van der Waals surface area (Å²) in [6.07, 6.45) is 3.21.